The van der Waals surface area contributed by atoms with Gasteiger partial charge in [-0.25, -0.2) is 5.43 Å². The second kappa shape index (κ2) is 9.58. The molecule has 0 bridgehead atoms. The van der Waals surface area contributed by atoms with Crippen LogP contribution in [-0.4, -0.2) is 33.5 Å². The third-order valence-corrected chi connectivity index (χ3v) is 3.98. The van der Waals surface area contributed by atoms with Crippen LogP contribution in [0, 0.1) is 0 Å². The van der Waals surface area contributed by atoms with E-state index in [9.17, 15) is 4.79 Å². The zero-order chi connectivity index (χ0) is 18.9. The predicted molar refractivity (Wildman–Crippen MR) is 101 cm³/mol. The summed E-state index contributed by atoms with van der Waals surface area (Å²) >= 11 is 0. The van der Waals surface area contributed by atoms with Crippen LogP contribution in [0.1, 0.15) is 29.7 Å². The summed E-state index contributed by atoms with van der Waals surface area (Å²) in [6.07, 6.45) is 1.57. The number of rotatable bonds is 8. The highest BCUT2D eigenvalue weighted by molar-refractivity contribution is 5.87. The molecule has 1 atom stereocenters. The molecule has 0 aliphatic rings. The van der Waals surface area contributed by atoms with Crippen LogP contribution in [-0.2, 0) is 16.0 Å². The number of hydrogen-bond donors (Lipinski definition) is 1. The van der Waals surface area contributed by atoms with Gasteiger partial charge in [-0.2, -0.15) is 5.10 Å². The van der Waals surface area contributed by atoms with Crippen LogP contribution in [0.3, 0.4) is 0 Å². The molecule has 0 saturated carbocycles. The first-order valence-electron chi connectivity index (χ1n) is 8.30. The number of carbonyl (C=O) groups is 1. The topological polar surface area (TPSA) is 69.2 Å². The minimum Gasteiger partial charge on any atom is -0.496 e. The maximum Gasteiger partial charge on any atom is 0.273 e. The Kier molecular flexibility index (Phi) is 7.17. The Morgan fingerprint density at radius 2 is 1.85 bits per heavy atom. The summed E-state index contributed by atoms with van der Waals surface area (Å²) in [5.74, 6) is 1.09. The zero-order valence-electron chi connectivity index (χ0n) is 15.5. The fraction of sp³-hybridized carbons (Fsp3) is 0.300. The van der Waals surface area contributed by atoms with Crippen molar-refractivity contribution >= 4 is 12.1 Å². The second-order valence-electron chi connectivity index (χ2n) is 5.48. The molecule has 0 unspecified atom stereocenters. The highest BCUT2D eigenvalue weighted by Crippen LogP contribution is 2.31. The molecule has 0 aliphatic carbocycles. The minimum absolute atomic E-state index is 0.349. The summed E-state index contributed by atoms with van der Waals surface area (Å²) in [6.45, 7) is 2.02. The first-order chi connectivity index (χ1) is 12.7. The monoisotopic (exact) mass is 356 g/mol. The fourth-order valence-electron chi connectivity index (χ4n) is 2.74. The molecule has 1 N–H and O–H groups in total. The van der Waals surface area contributed by atoms with Gasteiger partial charge in [0.05, 0.1) is 20.4 Å². The molecule has 0 fully saturated rings. The van der Waals surface area contributed by atoms with Crippen LogP contribution >= 0.6 is 0 Å². The van der Waals surface area contributed by atoms with E-state index in [-0.39, 0.29) is 5.91 Å². The van der Waals surface area contributed by atoms with E-state index < -0.39 is 6.10 Å². The molecule has 26 heavy (non-hydrogen) atoms. The number of hydrazone groups is 1. The molecule has 0 radical (unpaired) electrons. The zero-order valence-corrected chi connectivity index (χ0v) is 15.5. The third kappa shape index (κ3) is 4.40. The standard InChI is InChI=1S/C20H24N2O4/c1-5-16-17(24-2)12-11-15(18(16)25-3)13-21-22-20(23)19(26-4)14-9-7-6-8-10-14/h6-13,19H,5H2,1-4H3,(H,22,23)/b21-13-/t19-/m1/s1. The third-order valence-electron chi connectivity index (χ3n) is 3.98. The molecule has 0 aromatic heterocycles. The Hall–Kier alpha value is -2.86. The van der Waals surface area contributed by atoms with Gasteiger partial charge in [-0.05, 0) is 24.1 Å². The largest absolute Gasteiger partial charge is 0.496 e. The van der Waals surface area contributed by atoms with Gasteiger partial charge < -0.3 is 14.2 Å². The first-order valence-corrected chi connectivity index (χ1v) is 8.30. The van der Waals surface area contributed by atoms with E-state index in [2.05, 4.69) is 10.5 Å². The lowest BCUT2D eigenvalue weighted by molar-refractivity contribution is -0.131. The van der Waals surface area contributed by atoms with Crippen molar-refractivity contribution in [1.82, 2.24) is 5.43 Å². The van der Waals surface area contributed by atoms with Crippen LogP contribution in [0.2, 0.25) is 0 Å². The number of nitrogens with zero attached hydrogens (tertiary/aromatic N) is 1. The molecule has 0 saturated heterocycles. The van der Waals surface area contributed by atoms with E-state index in [1.54, 1.807) is 20.4 Å². The van der Waals surface area contributed by atoms with Gasteiger partial charge in [-0.15, -0.1) is 0 Å². The van der Waals surface area contributed by atoms with Gasteiger partial charge in [0.1, 0.15) is 11.5 Å². The predicted octanol–water partition coefficient (Wildman–Crippen LogP) is 3.10. The van der Waals surface area contributed by atoms with Gasteiger partial charge in [0, 0.05) is 18.2 Å². The van der Waals surface area contributed by atoms with E-state index in [0.29, 0.717) is 5.75 Å². The molecule has 2 aromatic carbocycles. The van der Waals surface area contributed by atoms with Crippen molar-refractivity contribution in [2.24, 2.45) is 5.10 Å². The van der Waals surface area contributed by atoms with E-state index in [1.165, 1.54) is 7.11 Å². The number of methoxy groups -OCH3 is 3. The van der Waals surface area contributed by atoms with E-state index >= 15 is 0 Å². The summed E-state index contributed by atoms with van der Waals surface area (Å²) in [6, 6.07) is 12.9. The van der Waals surface area contributed by atoms with Crippen molar-refractivity contribution < 1.29 is 19.0 Å². The summed E-state index contributed by atoms with van der Waals surface area (Å²) in [5, 5.41) is 4.05. The van der Waals surface area contributed by atoms with Crippen LogP contribution in [0.15, 0.2) is 47.6 Å². The van der Waals surface area contributed by atoms with E-state index in [4.69, 9.17) is 14.2 Å². The number of amides is 1. The quantitative estimate of drug-likeness (QED) is 0.583. The average molecular weight is 356 g/mol. The van der Waals surface area contributed by atoms with Crippen LogP contribution in [0.5, 0.6) is 11.5 Å². The van der Waals surface area contributed by atoms with Crippen molar-refractivity contribution in [3.05, 3.63) is 59.2 Å². The molecule has 2 rings (SSSR count). The van der Waals surface area contributed by atoms with Crippen LogP contribution in [0.4, 0.5) is 0 Å². The van der Waals surface area contributed by atoms with Crippen molar-refractivity contribution in [2.45, 2.75) is 19.4 Å². The Morgan fingerprint density at radius 1 is 1.12 bits per heavy atom. The Morgan fingerprint density at radius 3 is 2.42 bits per heavy atom. The van der Waals surface area contributed by atoms with Crippen LogP contribution < -0.4 is 14.9 Å². The Labute approximate surface area is 153 Å². The molecule has 0 spiro atoms. The molecule has 1 amide bonds. The lowest BCUT2D eigenvalue weighted by atomic mass is 10.1. The van der Waals surface area contributed by atoms with Crippen molar-refractivity contribution in [3.63, 3.8) is 0 Å². The molecule has 6 nitrogen and oxygen atoms in total. The first kappa shape index (κ1) is 19.5. The van der Waals surface area contributed by atoms with Gasteiger partial charge in [0.25, 0.3) is 5.91 Å². The van der Waals surface area contributed by atoms with Gasteiger partial charge in [0.2, 0.25) is 0 Å². The molecule has 138 valence electrons. The molecule has 6 heteroatoms. The maximum absolute atomic E-state index is 12.3. The normalized spacial score (nSPS) is 12.0. The van der Waals surface area contributed by atoms with E-state index in [1.807, 2.05) is 49.4 Å². The number of hydrogen-bond acceptors (Lipinski definition) is 5. The number of ether oxygens (including phenoxy) is 3. The van der Waals surface area contributed by atoms with Crippen molar-refractivity contribution in [3.8, 4) is 11.5 Å². The SMILES string of the molecule is CCc1c(OC)ccc(/C=N\NC(=O)[C@H](OC)c2ccccc2)c1OC. The Bertz CT molecular complexity index is 760. The highest BCUT2D eigenvalue weighted by Gasteiger charge is 2.19. The molecule has 2 aromatic rings. The van der Waals surface area contributed by atoms with Crippen molar-refractivity contribution in [2.75, 3.05) is 21.3 Å². The smallest absolute Gasteiger partial charge is 0.273 e. The van der Waals surface area contributed by atoms with Gasteiger partial charge in [0.15, 0.2) is 6.10 Å². The van der Waals surface area contributed by atoms with Crippen molar-refractivity contribution in [1.29, 1.82) is 0 Å². The summed E-state index contributed by atoms with van der Waals surface area (Å²) in [4.78, 5) is 12.3. The Balaban J connectivity index is 2.16. The highest BCUT2D eigenvalue weighted by atomic mass is 16.5. The number of nitrogens with one attached hydrogen (secondary N) is 1. The van der Waals surface area contributed by atoms with Crippen LogP contribution in [0.25, 0.3) is 0 Å². The number of carbonyl (C=O) groups excluding carboxylic acids is 1. The summed E-state index contributed by atoms with van der Waals surface area (Å²) < 4.78 is 16.1. The summed E-state index contributed by atoms with van der Waals surface area (Å²) in [5.41, 5.74) is 4.98. The molecule has 0 heterocycles. The molecule has 0 aliphatic heterocycles. The fourth-order valence-corrected chi connectivity index (χ4v) is 2.74. The lowest BCUT2D eigenvalue weighted by Gasteiger charge is -2.15. The van der Waals surface area contributed by atoms with Gasteiger partial charge >= 0.3 is 0 Å². The average Bonchev–Trinajstić information content (AvgIpc) is 2.68. The lowest BCUT2D eigenvalue weighted by Crippen LogP contribution is -2.26. The molecular weight excluding hydrogens is 332 g/mol. The molecular formula is C20H24N2O4. The minimum atomic E-state index is -0.725. The second-order valence-corrected chi connectivity index (χ2v) is 5.48. The summed E-state index contributed by atoms with van der Waals surface area (Å²) in [7, 11) is 4.71. The van der Waals surface area contributed by atoms with Gasteiger partial charge in [-0.3, -0.25) is 4.79 Å². The van der Waals surface area contributed by atoms with Gasteiger partial charge in [-0.1, -0.05) is 37.3 Å². The van der Waals surface area contributed by atoms with E-state index in [0.717, 1.165) is 28.9 Å². The maximum atomic E-state index is 12.3. The number of benzene rings is 2.